The predicted molar refractivity (Wildman–Crippen MR) is 109 cm³/mol. The molecule has 1 fully saturated rings. The van der Waals surface area contributed by atoms with E-state index in [-0.39, 0.29) is 17.7 Å². The van der Waals surface area contributed by atoms with Gasteiger partial charge >= 0.3 is 0 Å². The van der Waals surface area contributed by atoms with E-state index in [1.807, 2.05) is 6.92 Å². The molecule has 1 saturated heterocycles. The van der Waals surface area contributed by atoms with Crippen LogP contribution in [-0.2, 0) is 9.53 Å². The predicted octanol–water partition coefficient (Wildman–Crippen LogP) is 3.02. The molecule has 3 rings (SSSR count). The molecule has 0 aliphatic carbocycles. The Labute approximate surface area is 169 Å². The third-order valence-electron chi connectivity index (χ3n) is 4.85. The Morgan fingerprint density at radius 2 is 1.86 bits per heavy atom. The van der Waals surface area contributed by atoms with Gasteiger partial charge in [-0.3, -0.25) is 14.6 Å². The minimum Gasteiger partial charge on any atom is -0.493 e. The maximum absolute atomic E-state index is 12.8. The first-order valence-corrected chi connectivity index (χ1v) is 9.41. The Kier molecular flexibility index (Phi) is 6.66. The lowest BCUT2D eigenvalue weighted by Crippen LogP contribution is -2.28. The molecule has 2 N–H and O–H groups in total. The highest BCUT2D eigenvalue weighted by Crippen LogP contribution is 2.37. The van der Waals surface area contributed by atoms with Gasteiger partial charge in [0.05, 0.1) is 31.3 Å². The summed E-state index contributed by atoms with van der Waals surface area (Å²) < 4.78 is 16.1. The smallest absolute Gasteiger partial charge is 0.255 e. The van der Waals surface area contributed by atoms with Crippen molar-refractivity contribution >= 4 is 23.2 Å². The summed E-state index contributed by atoms with van der Waals surface area (Å²) in [6.45, 7) is 2.93. The zero-order valence-electron chi connectivity index (χ0n) is 16.8. The van der Waals surface area contributed by atoms with Crippen LogP contribution in [0.25, 0.3) is 0 Å². The highest BCUT2D eigenvalue weighted by molar-refractivity contribution is 6.06. The van der Waals surface area contributed by atoms with Gasteiger partial charge in [-0.05, 0) is 44.0 Å². The molecule has 8 nitrogen and oxygen atoms in total. The van der Waals surface area contributed by atoms with Crippen LogP contribution in [0.4, 0.5) is 11.4 Å². The molecule has 1 aliphatic rings. The van der Waals surface area contributed by atoms with Gasteiger partial charge in [0.2, 0.25) is 5.91 Å². The van der Waals surface area contributed by atoms with E-state index in [2.05, 4.69) is 15.6 Å². The van der Waals surface area contributed by atoms with Crippen molar-refractivity contribution in [3.8, 4) is 11.5 Å². The van der Waals surface area contributed by atoms with E-state index in [0.29, 0.717) is 60.2 Å². The second-order valence-electron chi connectivity index (χ2n) is 6.73. The lowest BCUT2D eigenvalue weighted by molar-refractivity contribution is -0.122. The summed E-state index contributed by atoms with van der Waals surface area (Å²) in [5.41, 5.74) is 2.03. The summed E-state index contributed by atoms with van der Waals surface area (Å²) in [6.07, 6.45) is 2.98. The number of aryl methyl sites for hydroxylation is 1. The third-order valence-corrected chi connectivity index (χ3v) is 4.85. The van der Waals surface area contributed by atoms with E-state index in [0.717, 1.165) is 0 Å². The molecule has 0 unspecified atom stereocenters. The standard InChI is InChI=1S/C21H25N3O5/c1-13-16(5-4-8-22-13)23-21(26)15-11-17(19(28-3)18(12-15)27-2)24-20(25)14-6-9-29-10-7-14/h4-5,8,11-12,14H,6-7,9-10H2,1-3H3,(H,23,26)(H,24,25). The molecule has 0 bridgehead atoms. The van der Waals surface area contributed by atoms with E-state index < -0.39 is 0 Å². The number of rotatable bonds is 6. The SMILES string of the molecule is COc1cc(C(=O)Nc2cccnc2C)cc(NC(=O)C2CCOCC2)c1OC. The number of nitrogens with zero attached hydrogens (tertiary/aromatic N) is 1. The van der Waals surface area contributed by atoms with Gasteiger partial charge < -0.3 is 24.8 Å². The van der Waals surface area contributed by atoms with Crippen LogP contribution in [0.2, 0.25) is 0 Å². The molecule has 1 aromatic heterocycles. The van der Waals surface area contributed by atoms with Gasteiger partial charge in [0.1, 0.15) is 0 Å². The normalized spacial score (nSPS) is 14.2. The number of carbonyl (C=O) groups is 2. The molecule has 0 radical (unpaired) electrons. The number of benzene rings is 1. The average Bonchev–Trinajstić information content (AvgIpc) is 2.75. The van der Waals surface area contributed by atoms with Gasteiger partial charge in [0, 0.05) is 30.9 Å². The molecule has 1 aromatic carbocycles. The monoisotopic (exact) mass is 399 g/mol. The van der Waals surface area contributed by atoms with Crippen molar-refractivity contribution in [2.45, 2.75) is 19.8 Å². The molecule has 2 heterocycles. The van der Waals surface area contributed by atoms with Crippen molar-refractivity contribution < 1.29 is 23.8 Å². The largest absolute Gasteiger partial charge is 0.493 e. The molecular weight excluding hydrogens is 374 g/mol. The Hall–Kier alpha value is -3.13. The van der Waals surface area contributed by atoms with Crippen molar-refractivity contribution in [1.82, 2.24) is 4.98 Å². The van der Waals surface area contributed by atoms with Crippen LogP contribution in [0, 0.1) is 12.8 Å². The van der Waals surface area contributed by atoms with Crippen LogP contribution in [0.5, 0.6) is 11.5 Å². The van der Waals surface area contributed by atoms with Gasteiger partial charge in [-0.1, -0.05) is 0 Å². The highest BCUT2D eigenvalue weighted by Gasteiger charge is 2.24. The Bertz CT molecular complexity index is 894. The van der Waals surface area contributed by atoms with E-state index in [9.17, 15) is 9.59 Å². The van der Waals surface area contributed by atoms with Gasteiger partial charge in [-0.2, -0.15) is 0 Å². The molecule has 0 atom stereocenters. The fourth-order valence-electron chi connectivity index (χ4n) is 3.19. The zero-order chi connectivity index (χ0) is 20.8. The average molecular weight is 399 g/mol. The van der Waals surface area contributed by atoms with Crippen LogP contribution in [0.15, 0.2) is 30.5 Å². The Morgan fingerprint density at radius 1 is 1.10 bits per heavy atom. The minimum absolute atomic E-state index is 0.130. The second kappa shape index (κ2) is 9.38. The van der Waals surface area contributed by atoms with Gasteiger partial charge in [0.15, 0.2) is 11.5 Å². The van der Waals surface area contributed by atoms with Gasteiger partial charge in [-0.15, -0.1) is 0 Å². The molecule has 1 aliphatic heterocycles. The van der Waals surface area contributed by atoms with E-state index in [4.69, 9.17) is 14.2 Å². The molecule has 154 valence electrons. The quantitative estimate of drug-likeness (QED) is 0.775. The molecule has 29 heavy (non-hydrogen) atoms. The minimum atomic E-state index is -0.344. The third kappa shape index (κ3) is 4.83. The number of hydrogen-bond donors (Lipinski definition) is 2. The van der Waals surface area contributed by atoms with E-state index in [1.54, 1.807) is 30.5 Å². The van der Waals surface area contributed by atoms with Crippen LogP contribution in [-0.4, -0.2) is 44.2 Å². The number of ether oxygens (including phenoxy) is 3. The lowest BCUT2D eigenvalue weighted by atomic mass is 9.99. The first kappa shape index (κ1) is 20.6. The molecule has 2 aromatic rings. The van der Waals surface area contributed by atoms with Crippen LogP contribution < -0.4 is 20.1 Å². The highest BCUT2D eigenvalue weighted by atomic mass is 16.5. The first-order valence-electron chi connectivity index (χ1n) is 9.41. The summed E-state index contributed by atoms with van der Waals surface area (Å²) in [6, 6.07) is 6.68. The van der Waals surface area contributed by atoms with Crippen molar-refractivity contribution in [1.29, 1.82) is 0 Å². The van der Waals surface area contributed by atoms with Crippen molar-refractivity contribution in [2.75, 3.05) is 38.1 Å². The molecule has 2 amide bonds. The molecular formula is C21H25N3O5. The number of amides is 2. The maximum atomic E-state index is 12.8. The zero-order valence-corrected chi connectivity index (χ0v) is 16.8. The number of pyridine rings is 1. The fraction of sp³-hybridized carbons (Fsp3) is 0.381. The number of aromatic nitrogens is 1. The summed E-state index contributed by atoms with van der Waals surface area (Å²) in [5, 5.41) is 5.72. The first-order chi connectivity index (χ1) is 14.0. The van der Waals surface area contributed by atoms with Crippen LogP contribution in [0.1, 0.15) is 28.9 Å². The second-order valence-corrected chi connectivity index (χ2v) is 6.73. The Morgan fingerprint density at radius 3 is 2.52 bits per heavy atom. The summed E-state index contributed by atoms with van der Waals surface area (Å²) in [7, 11) is 2.97. The van der Waals surface area contributed by atoms with Gasteiger partial charge in [0.25, 0.3) is 5.91 Å². The summed E-state index contributed by atoms with van der Waals surface area (Å²) in [5.74, 6) is 0.0975. The topological polar surface area (TPSA) is 98.8 Å². The Balaban J connectivity index is 1.88. The van der Waals surface area contributed by atoms with Crippen molar-refractivity contribution in [3.05, 3.63) is 41.7 Å². The summed E-state index contributed by atoms with van der Waals surface area (Å²) in [4.78, 5) is 29.7. The lowest BCUT2D eigenvalue weighted by Gasteiger charge is -2.22. The number of anilines is 2. The van der Waals surface area contributed by atoms with E-state index >= 15 is 0 Å². The number of carbonyl (C=O) groups excluding carboxylic acids is 2. The van der Waals surface area contributed by atoms with Crippen LogP contribution in [0.3, 0.4) is 0 Å². The molecule has 0 spiro atoms. The number of methoxy groups -OCH3 is 2. The van der Waals surface area contributed by atoms with E-state index in [1.165, 1.54) is 14.2 Å². The maximum Gasteiger partial charge on any atom is 0.255 e. The van der Waals surface area contributed by atoms with Gasteiger partial charge in [-0.25, -0.2) is 0 Å². The molecule has 0 saturated carbocycles. The molecule has 8 heteroatoms. The van der Waals surface area contributed by atoms with Crippen molar-refractivity contribution in [3.63, 3.8) is 0 Å². The van der Waals surface area contributed by atoms with Crippen LogP contribution >= 0.6 is 0 Å². The number of nitrogens with one attached hydrogen (secondary N) is 2. The number of hydrogen-bond acceptors (Lipinski definition) is 6. The summed E-state index contributed by atoms with van der Waals surface area (Å²) >= 11 is 0. The fourth-order valence-corrected chi connectivity index (χ4v) is 3.19. The van der Waals surface area contributed by atoms with Crippen molar-refractivity contribution in [2.24, 2.45) is 5.92 Å².